The lowest BCUT2D eigenvalue weighted by atomic mass is 10.1. The van der Waals surface area contributed by atoms with Gasteiger partial charge in [-0.05, 0) is 48.2 Å². The van der Waals surface area contributed by atoms with Gasteiger partial charge in [0.15, 0.2) is 0 Å². The molecule has 0 aliphatic heterocycles. The Morgan fingerprint density at radius 2 is 0.972 bits per heavy atom. The van der Waals surface area contributed by atoms with Crippen LogP contribution in [0.3, 0.4) is 0 Å². The SMILES string of the molecule is CCC(C#N)N(Cc1ccc(CN(C(=O)c2ccccc2)C(C#N)CC)cc1)C(=O)c1ccccc1. The van der Waals surface area contributed by atoms with Crippen molar-refractivity contribution in [3.63, 3.8) is 0 Å². The standard InChI is InChI=1S/C30H30N4O2/c1-3-27(19-31)33(29(35)25-11-7-5-8-12-25)21-23-15-17-24(18-16-23)22-34(28(4-2)20-32)30(36)26-13-9-6-10-14-26/h5-18,27-28H,3-4,21-22H2,1-2H3. The number of hydrogen-bond acceptors (Lipinski definition) is 4. The smallest absolute Gasteiger partial charge is 0.255 e. The van der Waals surface area contributed by atoms with E-state index in [2.05, 4.69) is 12.1 Å². The van der Waals surface area contributed by atoms with Crippen molar-refractivity contribution in [1.29, 1.82) is 10.5 Å². The molecule has 0 radical (unpaired) electrons. The van der Waals surface area contributed by atoms with Gasteiger partial charge in [-0.25, -0.2) is 0 Å². The number of amides is 2. The Morgan fingerprint density at radius 3 is 1.25 bits per heavy atom. The molecule has 3 rings (SSSR count). The number of carbonyl (C=O) groups is 2. The Bertz CT molecular complexity index is 1130. The van der Waals surface area contributed by atoms with Crippen LogP contribution < -0.4 is 0 Å². The quantitative estimate of drug-likeness (QED) is 0.381. The van der Waals surface area contributed by atoms with Gasteiger partial charge < -0.3 is 9.80 Å². The van der Waals surface area contributed by atoms with Gasteiger partial charge in [0.1, 0.15) is 12.1 Å². The molecule has 2 unspecified atom stereocenters. The predicted molar refractivity (Wildman–Crippen MR) is 138 cm³/mol. The first-order valence-corrected chi connectivity index (χ1v) is 12.1. The fourth-order valence-corrected chi connectivity index (χ4v) is 4.05. The van der Waals surface area contributed by atoms with Crippen LogP contribution in [-0.2, 0) is 13.1 Å². The first-order chi connectivity index (χ1) is 17.5. The van der Waals surface area contributed by atoms with Crippen LogP contribution >= 0.6 is 0 Å². The van der Waals surface area contributed by atoms with Gasteiger partial charge in [-0.1, -0.05) is 74.5 Å². The highest BCUT2D eigenvalue weighted by Gasteiger charge is 2.25. The van der Waals surface area contributed by atoms with E-state index in [4.69, 9.17) is 0 Å². The van der Waals surface area contributed by atoms with E-state index in [-0.39, 0.29) is 11.8 Å². The molecule has 3 aromatic carbocycles. The van der Waals surface area contributed by atoms with Gasteiger partial charge in [0.25, 0.3) is 11.8 Å². The first-order valence-electron chi connectivity index (χ1n) is 12.1. The molecule has 6 nitrogen and oxygen atoms in total. The lowest BCUT2D eigenvalue weighted by Gasteiger charge is -2.28. The molecule has 0 aliphatic rings. The molecule has 0 saturated carbocycles. The molecule has 0 fully saturated rings. The fraction of sp³-hybridized carbons (Fsp3) is 0.267. The summed E-state index contributed by atoms with van der Waals surface area (Å²) in [6.07, 6.45) is 1.05. The Hall–Kier alpha value is -4.42. The van der Waals surface area contributed by atoms with E-state index < -0.39 is 12.1 Å². The van der Waals surface area contributed by atoms with E-state index in [1.165, 1.54) is 0 Å². The molecule has 0 N–H and O–H groups in total. The van der Waals surface area contributed by atoms with Crippen molar-refractivity contribution in [1.82, 2.24) is 9.80 Å². The molecular weight excluding hydrogens is 448 g/mol. The zero-order valence-electron chi connectivity index (χ0n) is 20.7. The molecule has 0 aromatic heterocycles. The molecular formula is C30H30N4O2. The van der Waals surface area contributed by atoms with Crippen LogP contribution in [-0.4, -0.2) is 33.7 Å². The topological polar surface area (TPSA) is 88.2 Å². The van der Waals surface area contributed by atoms with Crippen LogP contribution in [0.15, 0.2) is 84.9 Å². The van der Waals surface area contributed by atoms with Crippen LogP contribution in [0.1, 0.15) is 58.5 Å². The second-order valence-corrected chi connectivity index (χ2v) is 8.52. The largest absolute Gasteiger partial charge is 0.318 e. The van der Waals surface area contributed by atoms with Crippen molar-refractivity contribution in [2.24, 2.45) is 0 Å². The monoisotopic (exact) mass is 478 g/mol. The van der Waals surface area contributed by atoms with Crippen molar-refractivity contribution in [3.8, 4) is 12.1 Å². The first kappa shape index (κ1) is 26.2. The van der Waals surface area contributed by atoms with Gasteiger partial charge in [0.2, 0.25) is 0 Å². The van der Waals surface area contributed by atoms with Crippen molar-refractivity contribution in [2.75, 3.05) is 0 Å². The summed E-state index contributed by atoms with van der Waals surface area (Å²) in [5.41, 5.74) is 2.84. The molecule has 2 atom stereocenters. The van der Waals surface area contributed by atoms with Gasteiger partial charge in [0.05, 0.1) is 12.1 Å². The molecule has 0 bridgehead atoms. The summed E-state index contributed by atoms with van der Waals surface area (Å²) < 4.78 is 0. The van der Waals surface area contributed by atoms with Crippen LogP contribution in [0.25, 0.3) is 0 Å². The summed E-state index contributed by atoms with van der Waals surface area (Å²) in [6.45, 7) is 4.37. The van der Waals surface area contributed by atoms with Crippen LogP contribution in [0, 0.1) is 22.7 Å². The molecule has 6 heteroatoms. The number of nitrogens with zero attached hydrogens (tertiary/aromatic N) is 4. The third kappa shape index (κ3) is 6.37. The van der Waals surface area contributed by atoms with Crippen LogP contribution in [0.4, 0.5) is 0 Å². The number of hydrogen-bond donors (Lipinski definition) is 0. The van der Waals surface area contributed by atoms with Gasteiger partial charge in [-0.2, -0.15) is 10.5 Å². The van der Waals surface area contributed by atoms with E-state index in [1.807, 2.05) is 50.2 Å². The number of benzene rings is 3. The van der Waals surface area contributed by atoms with Gasteiger partial charge in [-0.15, -0.1) is 0 Å². The summed E-state index contributed by atoms with van der Waals surface area (Å²) in [6, 6.07) is 28.9. The molecule has 2 amide bonds. The van der Waals surface area contributed by atoms with Crippen molar-refractivity contribution >= 4 is 11.8 Å². The minimum Gasteiger partial charge on any atom is -0.318 e. The summed E-state index contributed by atoms with van der Waals surface area (Å²) in [4.78, 5) is 29.5. The maximum atomic E-state index is 13.2. The third-order valence-electron chi connectivity index (χ3n) is 6.12. The van der Waals surface area contributed by atoms with Crippen molar-refractivity contribution in [2.45, 2.75) is 51.9 Å². The maximum Gasteiger partial charge on any atom is 0.255 e. The number of rotatable bonds is 10. The fourth-order valence-electron chi connectivity index (χ4n) is 4.05. The third-order valence-corrected chi connectivity index (χ3v) is 6.12. The predicted octanol–water partition coefficient (Wildman–Crippen LogP) is 5.58. The minimum absolute atomic E-state index is 0.187. The summed E-state index contributed by atoms with van der Waals surface area (Å²) in [5.74, 6) is -0.375. The Morgan fingerprint density at radius 1 is 0.639 bits per heavy atom. The minimum atomic E-state index is -0.544. The van der Waals surface area contributed by atoms with E-state index in [1.54, 1.807) is 58.3 Å². The van der Waals surface area contributed by atoms with E-state index in [9.17, 15) is 20.1 Å². The molecule has 0 heterocycles. The molecule has 0 aliphatic carbocycles. The van der Waals surface area contributed by atoms with Gasteiger partial charge in [-0.3, -0.25) is 9.59 Å². The highest BCUT2D eigenvalue weighted by atomic mass is 16.2. The van der Waals surface area contributed by atoms with E-state index >= 15 is 0 Å². The summed E-state index contributed by atoms with van der Waals surface area (Å²) in [7, 11) is 0. The van der Waals surface area contributed by atoms with Crippen molar-refractivity contribution < 1.29 is 9.59 Å². The van der Waals surface area contributed by atoms with Crippen LogP contribution in [0.5, 0.6) is 0 Å². The Labute approximate surface area is 213 Å². The van der Waals surface area contributed by atoms with E-state index in [0.717, 1.165) is 11.1 Å². The van der Waals surface area contributed by atoms with Crippen molar-refractivity contribution in [3.05, 3.63) is 107 Å². The Balaban J connectivity index is 1.81. The average Bonchev–Trinajstić information content (AvgIpc) is 2.94. The van der Waals surface area contributed by atoms with Crippen LogP contribution in [0.2, 0.25) is 0 Å². The molecule has 0 saturated heterocycles. The second kappa shape index (κ2) is 12.9. The molecule has 0 spiro atoms. The summed E-state index contributed by atoms with van der Waals surface area (Å²) in [5, 5.41) is 19.3. The molecule has 3 aromatic rings. The second-order valence-electron chi connectivity index (χ2n) is 8.52. The average molecular weight is 479 g/mol. The zero-order valence-corrected chi connectivity index (χ0v) is 20.7. The van der Waals surface area contributed by atoms with Gasteiger partial charge in [0, 0.05) is 24.2 Å². The lowest BCUT2D eigenvalue weighted by Crippen LogP contribution is -2.39. The highest BCUT2D eigenvalue weighted by molar-refractivity contribution is 5.95. The number of carbonyl (C=O) groups excluding carboxylic acids is 2. The number of nitriles is 2. The highest BCUT2D eigenvalue weighted by Crippen LogP contribution is 2.19. The normalized spacial score (nSPS) is 12.0. The van der Waals surface area contributed by atoms with E-state index in [0.29, 0.717) is 37.1 Å². The Kier molecular flexibility index (Phi) is 9.37. The van der Waals surface area contributed by atoms with Gasteiger partial charge >= 0.3 is 0 Å². The molecule has 36 heavy (non-hydrogen) atoms. The molecule has 182 valence electrons. The lowest BCUT2D eigenvalue weighted by molar-refractivity contribution is 0.0690. The summed E-state index contributed by atoms with van der Waals surface area (Å²) >= 11 is 0. The zero-order chi connectivity index (χ0) is 25.9. The maximum absolute atomic E-state index is 13.2.